The Balaban J connectivity index is 1.72. The van der Waals surface area contributed by atoms with E-state index in [1.54, 1.807) is 0 Å². The summed E-state index contributed by atoms with van der Waals surface area (Å²) in [6.07, 6.45) is 1.15. The lowest BCUT2D eigenvalue weighted by Gasteiger charge is -2.28. The van der Waals surface area contributed by atoms with Gasteiger partial charge in [0.05, 0.1) is 16.2 Å². The summed E-state index contributed by atoms with van der Waals surface area (Å²) in [5.74, 6) is -2.13. The van der Waals surface area contributed by atoms with Crippen LogP contribution in [0.5, 0.6) is 0 Å². The standard InChI is InChI=1S/C21H11ClFN3O5S/c22-11-5-7-13(17(9-11)26(29)30)18-8-6-12(31-18)10-14-19(27)24-21(32)25(20(14)28)16-4-2-1-3-15(16)23/h1-10H,(H,24,27,32)/b14-10-. The molecule has 1 N–H and O–H groups in total. The number of rotatable bonds is 4. The Hall–Kier alpha value is -3.89. The van der Waals surface area contributed by atoms with Gasteiger partial charge in [-0.3, -0.25) is 25.0 Å². The minimum atomic E-state index is -0.848. The maximum Gasteiger partial charge on any atom is 0.281 e. The van der Waals surface area contributed by atoms with Crippen LogP contribution >= 0.6 is 23.8 Å². The van der Waals surface area contributed by atoms with E-state index in [4.69, 9.17) is 28.2 Å². The molecule has 1 saturated heterocycles. The third-order valence-corrected chi connectivity index (χ3v) is 5.05. The zero-order valence-corrected chi connectivity index (χ0v) is 17.4. The number of para-hydroxylation sites is 1. The first-order valence-electron chi connectivity index (χ1n) is 8.96. The van der Waals surface area contributed by atoms with Crippen molar-refractivity contribution in [3.63, 3.8) is 0 Å². The minimum absolute atomic E-state index is 0.0732. The number of hydrogen-bond acceptors (Lipinski definition) is 6. The van der Waals surface area contributed by atoms with Gasteiger partial charge in [0, 0.05) is 11.1 Å². The van der Waals surface area contributed by atoms with E-state index in [9.17, 15) is 24.1 Å². The van der Waals surface area contributed by atoms with Crippen LogP contribution in [-0.2, 0) is 9.59 Å². The Bertz CT molecular complexity index is 1340. The van der Waals surface area contributed by atoms with Gasteiger partial charge in [0.25, 0.3) is 17.5 Å². The lowest BCUT2D eigenvalue weighted by atomic mass is 10.1. The molecule has 1 aliphatic rings. The minimum Gasteiger partial charge on any atom is -0.456 e. The van der Waals surface area contributed by atoms with E-state index >= 15 is 0 Å². The number of nitrogens with zero attached hydrogens (tertiary/aromatic N) is 2. The first-order chi connectivity index (χ1) is 15.3. The van der Waals surface area contributed by atoms with Crippen LogP contribution in [0, 0.1) is 15.9 Å². The molecular weight excluding hydrogens is 461 g/mol. The second-order valence-corrected chi connectivity index (χ2v) is 7.35. The predicted molar refractivity (Wildman–Crippen MR) is 118 cm³/mol. The quantitative estimate of drug-likeness (QED) is 0.198. The molecule has 2 aromatic carbocycles. The number of halogens is 2. The van der Waals surface area contributed by atoms with Crippen molar-refractivity contribution >= 4 is 58.2 Å². The Morgan fingerprint density at radius 1 is 1.16 bits per heavy atom. The van der Waals surface area contributed by atoms with Crippen LogP contribution in [0.2, 0.25) is 5.02 Å². The van der Waals surface area contributed by atoms with Crippen LogP contribution in [0.1, 0.15) is 5.76 Å². The van der Waals surface area contributed by atoms with Crippen LogP contribution in [0.4, 0.5) is 15.8 Å². The number of carbonyl (C=O) groups is 2. The van der Waals surface area contributed by atoms with Crippen molar-refractivity contribution < 1.29 is 23.3 Å². The van der Waals surface area contributed by atoms with Gasteiger partial charge in [-0.05, 0) is 54.7 Å². The fraction of sp³-hybridized carbons (Fsp3) is 0. The number of thiocarbonyl (C=S) groups is 1. The van der Waals surface area contributed by atoms with Crippen molar-refractivity contribution in [2.24, 2.45) is 0 Å². The van der Waals surface area contributed by atoms with Gasteiger partial charge in [0.2, 0.25) is 0 Å². The van der Waals surface area contributed by atoms with Crippen molar-refractivity contribution in [2.45, 2.75) is 0 Å². The van der Waals surface area contributed by atoms with E-state index in [0.717, 1.165) is 17.0 Å². The normalized spacial score (nSPS) is 15.2. The van der Waals surface area contributed by atoms with Crippen molar-refractivity contribution in [3.05, 3.63) is 86.9 Å². The molecule has 0 bridgehead atoms. The molecule has 0 atom stereocenters. The second-order valence-electron chi connectivity index (χ2n) is 6.53. The number of anilines is 1. The number of nitrogens with one attached hydrogen (secondary N) is 1. The third-order valence-electron chi connectivity index (χ3n) is 4.53. The van der Waals surface area contributed by atoms with Gasteiger partial charge >= 0.3 is 0 Å². The van der Waals surface area contributed by atoms with Crippen molar-refractivity contribution in [1.29, 1.82) is 0 Å². The van der Waals surface area contributed by atoms with Crippen LogP contribution in [0.25, 0.3) is 17.4 Å². The number of nitro groups is 1. The molecule has 11 heteroatoms. The number of furan rings is 1. The van der Waals surface area contributed by atoms with Gasteiger partial charge in [0.1, 0.15) is 22.9 Å². The highest BCUT2D eigenvalue weighted by Gasteiger charge is 2.36. The molecule has 1 aromatic heterocycles. The number of carbonyl (C=O) groups excluding carboxylic acids is 2. The molecule has 0 unspecified atom stereocenters. The molecule has 0 aliphatic carbocycles. The van der Waals surface area contributed by atoms with Gasteiger partial charge in [0.15, 0.2) is 5.11 Å². The summed E-state index contributed by atoms with van der Waals surface area (Å²) in [5, 5.41) is 13.6. The number of nitro benzene ring substituents is 1. The van der Waals surface area contributed by atoms with E-state index in [1.165, 1.54) is 48.5 Å². The molecule has 160 valence electrons. The van der Waals surface area contributed by atoms with Crippen LogP contribution < -0.4 is 10.2 Å². The van der Waals surface area contributed by atoms with E-state index in [1.807, 2.05) is 0 Å². The Kier molecular flexibility index (Phi) is 5.56. The molecule has 0 spiro atoms. The van der Waals surface area contributed by atoms with Crippen LogP contribution in [0.3, 0.4) is 0 Å². The zero-order valence-electron chi connectivity index (χ0n) is 15.9. The smallest absolute Gasteiger partial charge is 0.281 e. The summed E-state index contributed by atoms with van der Waals surface area (Å²) in [7, 11) is 0. The van der Waals surface area contributed by atoms with Gasteiger partial charge in [-0.25, -0.2) is 9.29 Å². The van der Waals surface area contributed by atoms with Crippen LogP contribution in [-0.4, -0.2) is 21.9 Å². The van der Waals surface area contributed by atoms with Crippen molar-refractivity contribution in [2.75, 3.05) is 4.90 Å². The van der Waals surface area contributed by atoms with Gasteiger partial charge in [-0.1, -0.05) is 23.7 Å². The highest BCUT2D eigenvalue weighted by Crippen LogP contribution is 2.34. The molecule has 8 nitrogen and oxygen atoms in total. The molecular formula is C21H11ClFN3O5S. The molecule has 3 aromatic rings. The van der Waals surface area contributed by atoms with E-state index in [0.29, 0.717) is 0 Å². The van der Waals surface area contributed by atoms with Crippen LogP contribution in [0.15, 0.2) is 64.6 Å². The largest absolute Gasteiger partial charge is 0.456 e. The molecule has 1 aliphatic heterocycles. The number of hydrogen-bond donors (Lipinski definition) is 1. The highest BCUT2D eigenvalue weighted by molar-refractivity contribution is 7.80. The predicted octanol–water partition coefficient (Wildman–Crippen LogP) is 4.48. The average molecular weight is 472 g/mol. The fourth-order valence-corrected chi connectivity index (χ4v) is 3.53. The summed E-state index contributed by atoms with van der Waals surface area (Å²) in [5.41, 5.74) is -0.579. The zero-order chi connectivity index (χ0) is 23.0. The summed E-state index contributed by atoms with van der Waals surface area (Å²) in [6, 6.07) is 12.4. The Morgan fingerprint density at radius 3 is 2.62 bits per heavy atom. The summed E-state index contributed by atoms with van der Waals surface area (Å²) < 4.78 is 19.8. The summed E-state index contributed by atoms with van der Waals surface area (Å²) >= 11 is 10.9. The maximum atomic E-state index is 14.2. The fourth-order valence-electron chi connectivity index (χ4n) is 3.09. The molecule has 0 saturated carbocycles. The maximum absolute atomic E-state index is 14.2. The molecule has 2 heterocycles. The average Bonchev–Trinajstić information content (AvgIpc) is 3.20. The molecule has 4 rings (SSSR count). The Labute approximate surface area is 190 Å². The van der Waals surface area contributed by atoms with E-state index < -0.39 is 22.6 Å². The SMILES string of the molecule is O=C1NC(=S)N(c2ccccc2F)C(=O)/C1=C\c1ccc(-c2ccc(Cl)cc2[N+](=O)[O-])o1. The van der Waals surface area contributed by atoms with Crippen molar-refractivity contribution in [3.8, 4) is 11.3 Å². The first-order valence-corrected chi connectivity index (χ1v) is 9.75. The summed E-state index contributed by atoms with van der Waals surface area (Å²) in [4.78, 5) is 36.9. The summed E-state index contributed by atoms with van der Waals surface area (Å²) in [6.45, 7) is 0. The third kappa shape index (κ3) is 3.88. The highest BCUT2D eigenvalue weighted by atomic mass is 35.5. The monoisotopic (exact) mass is 471 g/mol. The topological polar surface area (TPSA) is 106 Å². The van der Waals surface area contributed by atoms with Gasteiger partial charge < -0.3 is 4.42 Å². The second kappa shape index (κ2) is 8.33. The van der Waals surface area contributed by atoms with Gasteiger partial charge in [-0.2, -0.15) is 0 Å². The Morgan fingerprint density at radius 2 is 1.91 bits per heavy atom. The number of amides is 2. The lowest BCUT2D eigenvalue weighted by molar-refractivity contribution is -0.384. The first kappa shape index (κ1) is 21.3. The molecule has 32 heavy (non-hydrogen) atoms. The molecule has 0 radical (unpaired) electrons. The van der Waals surface area contributed by atoms with E-state index in [2.05, 4.69) is 5.32 Å². The molecule has 2 amide bonds. The van der Waals surface area contributed by atoms with E-state index in [-0.39, 0.29) is 44.2 Å². The van der Waals surface area contributed by atoms with Crippen molar-refractivity contribution in [1.82, 2.24) is 5.32 Å². The number of benzene rings is 2. The lowest BCUT2D eigenvalue weighted by Crippen LogP contribution is -2.54. The molecule has 1 fully saturated rings. The van der Waals surface area contributed by atoms with Gasteiger partial charge in [-0.15, -0.1) is 0 Å².